The van der Waals surface area contributed by atoms with Crippen molar-refractivity contribution in [1.29, 1.82) is 0 Å². The highest BCUT2D eigenvalue weighted by molar-refractivity contribution is 5.66. The minimum absolute atomic E-state index is 0.0675. The fraction of sp³-hybridized carbons (Fsp3) is 0.455. The number of amides is 1. The quantitative estimate of drug-likeness (QED) is 0.825. The lowest BCUT2D eigenvalue weighted by molar-refractivity contribution is -0.0430. The van der Waals surface area contributed by atoms with Crippen molar-refractivity contribution < 1.29 is 14.6 Å². The van der Waals surface area contributed by atoms with Crippen molar-refractivity contribution in [2.24, 2.45) is 0 Å². The Hall–Kier alpha value is -1.62. The number of rotatable bonds is 4. The summed E-state index contributed by atoms with van der Waals surface area (Å²) in [5.41, 5.74) is 1.18. The summed E-state index contributed by atoms with van der Waals surface area (Å²) in [6.07, 6.45) is 3.55. The minimum Gasteiger partial charge on any atom is -0.465 e. The summed E-state index contributed by atoms with van der Waals surface area (Å²) < 4.78 is 5.54. The van der Waals surface area contributed by atoms with Crippen LogP contribution in [0.2, 0.25) is 0 Å². The molecule has 1 aliphatic rings. The molecule has 0 spiro atoms. The summed E-state index contributed by atoms with van der Waals surface area (Å²) in [5.74, 6) is 0. The van der Waals surface area contributed by atoms with Crippen LogP contribution in [-0.2, 0) is 11.2 Å². The van der Waals surface area contributed by atoms with Gasteiger partial charge in [0.15, 0.2) is 0 Å². The third-order valence-corrected chi connectivity index (χ3v) is 2.61. The molecule has 5 nitrogen and oxygen atoms in total. The molecule has 1 saturated heterocycles. The van der Waals surface area contributed by atoms with E-state index >= 15 is 0 Å². The third kappa shape index (κ3) is 2.70. The molecule has 1 aromatic heterocycles. The van der Waals surface area contributed by atoms with E-state index in [0.717, 1.165) is 6.42 Å². The number of likely N-dealkylation sites (tertiary alicyclic amines) is 1. The lowest BCUT2D eigenvalue weighted by atomic mass is 10.2. The van der Waals surface area contributed by atoms with Crippen LogP contribution < -0.4 is 0 Å². The van der Waals surface area contributed by atoms with Gasteiger partial charge in [-0.1, -0.05) is 0 Å². The largest absolute Gasteiger partial charge is 0.465 e. The molecule has 5 heteroatoms. The Morgan fingerprint density at radius 1 is 1.50 bits per heavy atom. The van der Waals surface area contributed by atoms with E-state index in [9.17, 15) is 4.79 Å². The van der Waals surface area contributed by atoms with Gasteiger partial charge in [-0.25, -0.2) is 4.79 Å². The zero-order valence-electron chi connectivity index (χ0n) is 8.87. The summed E-state index contributed by atoms with van der Waals surface area (Å²) in [4.78, 5) is 15.8. The molecule has 0 saturated carbocycles. The van der Waals surface area contributed by atoms with E-state index in [1.165, 1.54) is 10.5 Å². The average molecular weight is 222 g/mol. The number of nitrogens with zero attached hydrogens (tertiary/aromatic N) is 2. The molecule has 1 aliphatic heterocycles. The maximum absolute atomic E-state index is 10.5. The standard InChI is InChI=1S/C11H14N2O3/c14-11(15)13-7-10(8-13)16-6-3-9-1-4-12-5-2-9/h1-2,4-5,10H,3,6-8H2,(H,14,15). The molecule has 2 heterocycles. The Morgan fingerprint density at radius 2 is 2.19 bits per heavy atom. The average Bonchev–Trinajstić information content (AvgIpc) is 2.22. The van der Waals surface area contributed by atoms with E-state index in [-0.39, 0.29) is 6.10 Å². The summed E-state index contributed by atoms with van der Waals surface area (Å²) in [6.45, 7) is 1.61. The molecule has 0 atom stereocenters. The second-order valence-electron chi connectivity index (χ2n) is 3.79. The summed E-state index contributed by atoms with van der Waals surface area (Å²) >= 11 is 0. The van der Waals surface area contributed by atoms with E-state index in [0.29, 0.717) is 19.7 Å². The Labute approximate surface area is 93.7 Å². The van der Waals surface area contributed by atoms with Crippen molar-refractivity contribution in [3.63, 3.8) is 0 Å². The summed E-state index contributed by atoms with van der Waals surface area (Å²) in [7, 11) is 0. The number of pyridine rings is 1. The molecule has 2 rings (SSSR count). The Balaban J connectivity index is 1.62. The van der Waals surface area contributed by atoms with Crippen LogP contribution in [0.3, 0.4) is 0 Å². The van der Waals surface area contributed by atoms with E-state index < -0.39 is 6.09 Å². The van der Waals surface area contributed by atoms with E-state index in [2.05, 4.69) is 4.98 Å². The Morgan fingerprint density at radius 3 is 2.81 bits per heavy atom. The lowest BCUT2D eigenvalue weighted by Crippen LogP contribution is -2.54. The van der Waals surface area contributed by atoms with Crippen LogP contribution in [-0.4, -0.2) is 46.9 Å². The highest BCUT2D eigenvalue weighted by Crippen LogP contribution is 2.11. The van der Waals surface area contributed by atoms with Gasteiger partial charge in [0.1, 0.15) is 0 Å². The molecule has 0 unspecified atom stereocenters. The second kappa shape index (κ2) is 4.94. The topological polar surface area (TPSA) is 62.7 Å². The molecule has 0 aliphatic carbocycles. The first kappa shape index (κ1) is 10.9. The van der Waals surface area contributed by atoms with Gasteiger partial charge < -0.3 is 14.7 Å². The maximum atomic E-state index is 10.5. The molecule has 0 aromatic carbocycles. The molecule has 1 amide bonds. The fourth-order valence-electron chi connectivity index (χ4n) is 1.59. The number of hydrogen-bond donors (Lipinski definition) is 1. The first-order chi connectivity index (χ1) is 7.75. The molecule has 0 bridgehead atoms. The molecule has 0 radical (unpaired) electrons. The molecule has 1 aromatic rings. The number of ether oxygens (including phenoxy) is 1. The Bertz CT molecular complexity index is 350. The molecule has 1 fully saturated rings. The molecule has 1 N–H and O–H groups in total. The van der Waals surface area contributed by atoms with Crippen LogP contribution in [0.1, 0.15) is 5.56 Å². The first-order valence-electron chi connectivity index (χ1n) is 5.24. The number of hydrogen-bond acceptors (Lipinski definition) is 3. The zero-order chi connectivity index (χ0) is 11.4. The van der Waals surface area contributed by atoms with E-state index in [1.54, 1.807) is 12.4 Å². The highest BCUT2D eigenvalue weighted by Gasteiger charge is 2.30. The SMILES string of the molecule is O=C(O)N1CC(OCCc2ccncc2)C1. The van der Waals surface area contributed by atoms with Gasteiger partial charge in [0, 0.05) is 12.4 Å². The van der Waals surface area contributed by atoms with E-state index in [1.807, 2.05) is 12.1 Å². The highest BCUT2D eigenvalue weighted by atomic mass is 16.5. The number of carbonyl (C=O) groups is 1. The van der Waals surface area contributed by atoms with Crippen LogP contribution in [0.4, 0.5) is 4.79 Å². The molecular formula is C11H14N2O3. The second-order valence-corrected chi connectivity index (χ2v) is 3.79. The third-order valence-electron chi connectivity index (χ3n) is 2.61. The van der Waals surface area contributed by atoms with Crippen molar-refractivity contribution in [3.05, 3.63) is 30.1 Å². The van der Waals surface area contributed by atoms with Gasteiger partial charge in [-0.3, -0.25) is 4.98 Å². The van der Waals surface area contributed by atoms with Crippen LogP contribution in [0.15, 0.2) is 24.5 Å². The predicted octanol–water partition coefficient (Wildman–Crippen LogP) is 1.00. The first-order valence-corrected chi connectivity index (χ1v) is 5.24. The number of aromatic nitrogens is 1. The zero-order valence-corrected chi connectivity index (χ0v) is 8.87. The predicted molar refractivity (Wildman–Crippen MR) is 57.3 cm³/mol. The maximum Gasteiger partial charge on any atom is 0.407 e. The van der Waals surface area contributed by atoms with Gasteiger partial charge in [-0.15, -0.1) is 0 Å². The summed E-state index contributed by atoms with van der Waals surface area (Å²) in [5, 5.41) is 8.62. The van der Waals surface area contributed by atoms with Gasteiger partial charge in [0.05, 0.1) is 25.8 Å². The van der Waals surface area contributed by atoms with Gasteiger partial charge in [-0.2, -0.15) is 0 Å². The van der Waals surface area contributed by atoms with Crippen LogP contribution >= 0.6 is 0 Å². The van der Waals surface area contributed by atoms with E-state index in [4.69, 9.17) is 9.84 Å². The fourth-order valence-corrected chi connectivity index (χ4v) is 1.59. The lowest BCUT2D eigenvalue weighted by Gasteiger charge is -2.36. The molecule has 86 valence electrons. The van der Waals surface area contributed by atoms with Crippen LogP contribution in [0.5, 0.6) is 0 Å². The number of carboxylic acid groups (broad SMARTS) is 1. The molecular weight excluding hydrogens is 208 g/mol. The van der Waals surface area contributed by atoms with Crippen molar-refractivity contribution in [2.45, 2.75) is 12.5 Å². The van der Waals surface area contributed by atoms with Crippen LogP contribution in [0.25, 0.3) is 0 Å². The van der Waals surface area contributed by atoms with Gasteiger partial charge in [0.25, 0.3) is 0 Å². The van der Waals surface area contributed by atoms with Crippen molar-refractivity contribution in [2.75, 3.05) is 19.7 Å². The smallest absolute Gasteiger partial charge is 0.407 e. The normalized spacial score (nSPS) is 15.9. The minimum atomic E-state index is -0.867. The van der Waals surface area contributed by atoms with Gasteiger partial charge >= 0.3 is 6.09 Å². The summed E-state index contributed by atoms with van der Waals surface area (Å²) in [6, 6.07) is 3.90. The van der Waals surface area contributed by atoms with Crippen molar-refractivity contribution >= 4 is 6.09 Å². The van der Waals surface area contributed by atoms with Crippen molar-refractivity contribution in [3.8, 4) is 0 Å². The van der Waals surface area contributed by atoms with Crippen molar-refractivity contribution in [1.82, 2.24) is 9.88 Å². The van der Waals surface area contributed by atoms with Crippen LogP contribution in [0, 0.1) is 0 Å². The Kier molecular flexibility index (Phi) is 3.36. The van der Waals surface area contributed by atoms with Gasteiger partial charge in [0.2, 0.25) is 0 Å². The molecule has 16 heavy (non-hydrogen) atoms. The van der Waals surface area contributed by atoms with Gasteiger partial charge in [-0.05, 0) is 24.1 Å². The monoisotopic (exact) mass is 222 g/mol.